The van der Waals surface area contributed by atoms with Crippen LogP contribution in [0.2, 0.25) is 0 Å². The zero-order chi connectivity index (χ0) is 59.6. The predicted octanol–water partition coefficient (Wildman–Crippen LogP) is 16.6. The van der Waals surface area contributed by atoms with E-state index in [0.29, 0.717) is 83.6 Å². The SMILES string of the molecule is Fc1cccc(F)c1N(c1ccccc1)c1cc2c3c(c1)N(c1c(F)cccc1F)c1ccccc1B3c1cc3c(cc1S2)N(c1ccccc1)c1cc(N(c2ccccc2)c2c(F)cccc2F)cc2c1B3c1ccccc1N2c1c(F)cccc1F. The van der Waals surface area contributed by atoms with Gasteiger partial charge in [-0.25, -0.2) is 35.1 Å². The molecule has 0 radical (unpaired) electrons. The fourth-order valence-electron chi connectivity index (χ4n) is 13.5. The molecule has 422 valence electrons. The number of rotatable bonds is 9. The Labute approximate surface area is 505 Å². The average Bonchev–Trinajstić information content (AvgIpc) is 1.01. The summed E-state index contributed by atoms with van der Waals surface area (Å²) in [6.45, 7) is -1.31. The highest BCUT2D eigenvalue weighted by Gasteiger charge is 2.49. The van der Waals surface area contributed by atoms with Crippen LogP contribution in [0.15, 0.2) is 259 Å². The van der Waals surface area contributed by atoms with Crippen LogP contribution in [0, 0.1) is 46.5 Å². The van der Waals surface area contributed by atoms with E-state index in [0.717, 1.165) is 15.8 Å². The fraction of sp³-hybridized carbons (Fsp3) is 0. The van der Waals surface area contributed by atoms with Gasteiger partial charge in [-0.3, -0.25) is 0 Å². The van der Waals surface area contributed by atoms with Crippen LogP contribution in [0.25, 0.3) is 0 Å². The van der Waals surface area contributed by atoms with Gasteiger partial charge in [-0.05, 0) is 155 Å². The molecular weight excluding hydrogens is 1140 g/mol. The molecule has 0 bridgehead atoms. The van der Waals surface area contributed by atoms with Gasteiger partial charge in [-0.2, -0.15) is 0 Å². The second kappa shape index (κ2) is 20.6. The second-order valence-electron chi connectivity index (χ2n) is 21.8. The molecule has 0 atom stereocenters. The van der Waals surface area contributed by atoms with E-state index in [4.69, 9.17) is 0 Å². The maximum absolute atomic E-state index is 16.9. The zero-order valence-electron chi connectivity index (χ0n) is 46.0. The Balaban J connectivity index is 1.01. The summed E-state index contributed by atoms with van der Waals surface area (Å²) in [6, 6.07) is 68.0. The van der Waals surface area contributed by atoms with Crippen LogP contribution in [-0.2, 0) is 0 Å². The maximum atomic E-state index is 16.9. The van der Waals surface area contributed by atoms with E-state index in [1.807, 2.05) is 66.7 Å². The number of halogens is 8. The molecule has 0 amide bonds. The third kappa shape index (κ3) is 8.11. The standard InChI is InChI=1S/C72H41B2F8N5S/c75-51-26-14-27-52(76)69(51)83(42-18-4-1-5-19-42)45-36-62-67-63(37-45)86(71-55(79)30-16-31-56(71)80)59-34-12-10-24-47(59)73(67)49-40-50-65(41-61(49)85(62)44-22-8-3-9-23-44)88-66-39-46(84(43-20-6-2-7-21-43)70-53(77)28-15-29-54(70)78)38-64-68(66)74(50)48-25-11-13-35-60(48)87(64)72-57(81)32-17-33-58(72)82/h1-41H. The van der Waals surface area contributed by atoms with E-state index in [1.165, 1.54) is 94.4 Å². The molecule has 12 aromatic carbocycles. The molecule has 0 aliphatic carbocycles. The van der Waals surface area contributed by atoms with Gasteiger partial charge in [0.05, 0.1) is 5.69 Å². The smallest absolute Gasteiger partial charge is 0.252 e. The first-order valence-corrected chi connectivity index (χ1v) is 29.1. The first-order valence-electron chi connectivity index (χ1n) is 28.3. The van der Waals surface area contributed by atoms with Gasteiger partial charge in [0, 0.05) is 66.7 Å². The molecule has 0 aromatic heterocycles. The molecule has 88 heavy (non-hydrogen) atoms. The van der Waals surface area contributed by atoms with Gasteiger partial charge in [0.25, 0.3) is 6.71 Å². The molecule has 16 heteroatoms. The van der Waals surface area contributed by atoms with Crippen LogP contribution in [0.4, 0.5) is 120 Å². The van der Waals surface area contributed by atoms with Crippen molar-refractivity contribution in [3.05, 3.63) is 295 Å². The Morgan fingerprint density at radius 3 is 1.14 bits per heavy atom. The number of nitrogens with zero attached hydrogens (tertiary/aromatic N) is 5. The van der Waals surface area contributed by atoms with E-state index in [9.17, 15) is 0 Å². The fourth-order valence-corrected chi connectivity index (χ4v) is 14.7. The number of para-hydroxylation sites is 9. The van der Waals surface area contributed by atoms with Crippen molar-refractivity contribution in [2.45, 2.75) is 9.79 Å². The lowest BCUT2D eigenvalue weighted by molar-refractivity contribution is 0.584. The average molecular weight is 1180 g/mol. The van der Waals surface area contributed by atoms with Gasteiger partial charge in [-0.1, -0.05) is 139 Å². The second-order valence-corrected chi connectivity index (χ2v) is 22.9. The lowest BCUT2D eigenvalue weighted by Crippen LogP contribution is -2.64. The topological polar surface area (TPSA) is 16.2 Å². The van der Waals surface area contributed by atoms with Crippen molar-refractivity contribution < 1.29 is 35.1 Å². The van der Waals surface area contributed by atoms with Crippen LogP contribution >= 0.6 is 11.8 Å². The lowest BCUT2D eigenvalue weighted by atomic mass is 9.31. The third-order valence-electron chi connectivity index (χ3n) is 16.9. The summed E-state index contributed by atoms with van der Waals surface area (Å²) in [5.74, 6) is -6.76. The highest BCUT2D eigenvalue weighted by atomic mass is 32.2. The van der Waals surface area contributed by atoms with Crippen LogP contribution in [-0.4, -0.2) is 13.4 Å². The van der Waals surface area contributed by atoms with Crippen molar-refractivity contribution in [2.24, 2.45) is 0 Å². The Kier molecular flexibility index (Phi) is 12.4. The van der Waals surface area contributed by atoms with Crippen LogP contribution in [0.3, 0.4) is 0 Å². The molecule has 4 aliphatic heterocycles. The van der Waals surface area contributed by atoms with E-state index in [1.54, 1.807) is 107 Å². The summed E-state index contributed by atoms with van der Waals surface area (Å²) in [6.07, 6.45) is 0. The number of hydrogen-bond donors (Lipinski definition) is 0. The van der Waals surface area contributed by atoms with Crippen molar-refractivity contribution >= 4 is 143 Å². The van der Waals surface area contributed by atoms with Gasteiger partial charge < -0.3 is 24.5 Å². The van der Waals surface area contributed by atoms with Crippen molar-refractivity contribution in [1.29, 1.82) is 0 Å². The molecule has 0 fully saturated rings. The quantitative estimate of drug-likeness (QED) is 0.105. The van der Waals surface area contributed by atoms with Crippen molar-refractivity contribution in [2.75, 3.05) is 24.5 Å². The van der Waals surface area contributed by atoms with Crippen LogP contribution in [0.5, 0.6) is 0 Å². The maximum Gasteiger partial charge on any atom is 0.252 e. The molecular formula is C72H41B2F8N5S. The van der Waals surface area contributed by atoms with Gasteiger partial charge in [-0.15, -0.1) is 0 Å². The minimum absolute atomic E-state index is 0.262. The van der Waals surface area contributed by atoms with Crippen LogP contribution in [0.1, 0.15) is 0 Å². The number of anilines is 15. The molecule has 16 rings (SSSR count). The lowest BCUT2D eigenvalue weighted by Gasteiger charge is -2.46. The molecule has 0 unspecified atom stereocenters. The van der Waals surface area contributed by atoms with Crippen molar-refractivity contribution in [1.82, 2.24) is 0 Å². The van der Waals surface area contributed by atoms with Gasteiger partial charge in [0.2, 0.25) is 6.71 Å². The molecule has 4 heterocycles. The molecule has 0 spiro atoms. The minimum atomic E-state index is -0.853. The summed E-state index contributed by atoms with van der Waals surface area (Å²) < 4.78 is 134. The predicted molar refractivity (Wildman–Crippen MR) is 339 cm³/mol. The molecule has 0 saturated heterocycles. The third-order valence-corrected chi connectivity index (χ3v) is 18.1. The molecule has 12 aromatic rings. The van der Waals surface area contributed by atoms with Crippen LogP contribution < -0.4 is 57.3 Å². The van der Waals surface area contributed by atoms with Gasteiger partial charge in [0.1, 0.15) is 69.3 Å². The summed E-state index contributed by atoms with van der Waals surface area (Å²) in [5, 5.41) is 0. The van der Waals surface area contributed by atoms with Gasteiger partial charge >= 0.3 is 0 Å². The summed E-state index contributed by atoms with van der Waals surface area (Å²) in [5.41, 5.74) is 7.73. The molecule has 5 nitrogen and oxygen atoms in total. The molecule has 0 saturated carbocycles. The van der Waals surface area contributed by atoms with Crippen molar-refractivity contribution in [3.8, 4) is 0 Å². The number of benzene rings is 12. The first kappa shape index (κ1) is 53.1. The monoisotopic (exact) mass is 1180 g/mol. The van der Waals surface area contributed by atoms with E-state index < -0.39 is 60.0 Å². The Bertz CT molecular complexity index is 4770. The van der Waals surface area contributed by atoms with Gasteiger partial charge in [0.15, 0.2) is 0 Å². The zero-order valence-corrected chi connectivity index (χ0v) is 46.8. The number of hydrogen-bond acceptors (Lipinski definition) is 6. The Morgan fingerprint density at radius 2 is 0.659 bits per heavy atom. The number of fused-ring (bicyclic) bond motifs is 8. The summed E-state index contributed by atoms with van der Waals surface area (Å²) >= 11 is 1.39. The Morgan fingerprint density at radius 1 is 0.273 bits per heavy atom. The largest absolute Gasteiger partial charge is 0.311 e. The van der Waals surface area contributed by atoms with E-state index in [-0.39, 0.29) is 28.4 Å². The van der Waals surface area contributed by atoms with E-state index >= 15 is 35.1 Å². The Hall–Kier alpha value is -10.4. The minimum Gasteiger partial charge on any atom is -0.311 e. The summed E-state index contributed by atoms with van der Waals surface area (Å²) in [7, 11) is 0. The van der Waals surface area contributed by atoms with E-state index in [2.05, 4.69) is 17.0 Å². The highest BCUT2D eigenvalue weighted by Crippen LogP contribution is 2.52. The first-order chi connectivity index (χ1) is 43.0. The highest BCUT2D eigenvalue weighted by molar-refractivity contribution is 8.00. The normalized spacial score (nSPS) is 13.1. The van der Waals surface area contributed by atoms with Crippen molar-refractivity contribution in [3.63, 3.8) is 0 Å². The molecule has 0 N–H and O–H groups in total. The summed E-state index contributed by atoms with van der Waals surface area (Å²) in [4.78, 5) is 9.52. The molecule has 4 aliphatic rings.